The largest absolute Gasteiger partial charge is 0.262 e. The van der Waals surface area contributed by atoms with Crippen LogP contribution < -0.4 is 0 Å². The van der Waals surface area contributed by atoms with Crippen molar-refractivity contribution in [3.63, 3.8) is 0 Å². The lowest BCUT2D eigenvalue weighted by Gasteiger charge is -2.04. The van der Waals surface area contributed by atoms with E-state index >= 15 is 0 Å². The molecule has 0 aliphatic heterocycles. The van der Waals surface area contributed by atoms with Crippen LogP contribution in [0.1, 0.15) is 18.1 Å². The van der Waals surface area contributed by atoms with Crippen molar-refractivity contribution in [1.82, 2.24) is 9.78 Å². The van der Waals surface area contributed by atoms with Crippen molar-refractivity contribution in [1.29, 1.82) is 0 Å². The summed E-state index contributed by atoms with van der Waals surface area (Å²) in [6, 6.07) is 10.5. The average molecular weight is 232 g/mol. The van der Waals surface area contributed by atoms with Crippen LogP contribution in [0.2, 0.25) is 0 Å². The van der Waals surface area contributed by atoms with E-state index in [-0.39, 0.29) is 0 Å². The molecule has 0 fully saturated rings. The van der Waals surface area contributed by atoms with E-state index in [1.165, 1.54) is 16.2 Å². The van der Waals surface area contributed by atoms with Gasteiger partial charge in [0.1, 0.15) is 0 Å². The summed E-state index contributed by atoms with van der Waals surface area (Å²) in [7, 11) is 2.01. The summed E-state index contributed by atoms with van der Waals surface area (Å²) in [6.07, 6.45) is 3.01. The maximum atomic E-state index is 4.30. The maximum Gasteiger partial charge on any atom is 0.0971 e. The van der Waals surface area contributed by atoms with Crippen molar-refractivity contribution >= 4 is 11.8 Å². The molecule has 0 unspecified atom stereocenters. The summed E-state index contributed by atoms with van der Waals surface area (Å²) >= 11 is 1.86. The van der Waals surface area contributed by atoms with E-state index in [1.54, 1.807) is 0 Å². The number of thioether (sulfide) groups is 1. The van der Waals surface area contributed by atoms with Crippen molar-refractivity contribution in [3.8, 4) is 0 Å². The molecule has 1 aromatic carbocycles. The lowest BCUT2D eigenvalue weighted by Crippen LogP contribution is -1.94. The van der Waals surface area contributed by atoms with E-state index in [0.717, 1.165) is 12.2 Å². The van der Waals surface area contributed by atoms with Crippen LogP contribution in [-0.2, 0) is 19.2 Å². The number of rotatable bonds is 4. The van der Waals surface area contributed by atoms with Gasteiger partial charge >= 0.3 is 0 Å². The summed E-state index contributed by atoms with van der Waals surface area (Å²) in [5.74, 6) is 1.01. The Labute approximate surface area is 101 Å². The predicted molar refractivity (Wildman–Crippen MR) is 68.6 cm³/mol. The van der Waals surface area contributed by atoms with Crippen LogP contribution in [0.15, 0.2) is 41.6 Å². The van der Waals surface area contributed by atoms with Crippen LogP contribution in [0.5, 0.6) is 0 Å². The van der Waals surface area contributed by atoms with E-state index < -0.39 is 0 Å². The number of aryl methyl sites for hydroxylation is 2. The second kappa shape index (κ2) is 5.21. The second-order valence-corrected chi connectivity index (χ2v) is 4.69. The molecule has 0 aliphatic carbocycles. The average Bonchev–Trinajstić information content (AvgIpc) is 2.69. The predicted octanol–water partition coefficient (Wildman–Crippen LogP) is 3.27. The molecule has 0 N–H and O–H groups in total. The molecule has 0 saturated heterocycles. The van der Waals surface area contributed by atoms with Crippen molar-refractivity contribution < 1.29 is 0 Å². The van der Waals surface area contributed by atoms with Crippen LogP contribution in [0.4, 0.5) is 0 Å². The third-order valence-electron chi connectivity index (χ3n) is 2.55. The smallest absolute Gasteiger partial charge is 0.0971 e. The molecule has 1 heterocycles. The van der Waals surface area contributed by atoms with E-state index in [2.05, 4.69) is 42.4 Å². The number of hydrogen-bond donors (Lipinski definition) is 0. The highest BCUT2D eigenvalue weighted by Crippen LogP contribution is 2.25. The molecule has 2 aromatic rings. The number of benzene rings is 1. The molecule has 0 bridgehead atoms. The Balaban J connectivity index is 2.07. The van der Waals surface area contributed by atoms with Gasteiger partial charge in [-0.3, -0.25) is 4.68 Å². The number of hydrogen-bond acceptors (Lipinski definition) is 2. The summed E-state index contributed by atoms with van der Waals surface area (Å²) in [4.78, 5) is 0. The molecule has 0 atom stereocenters. The van der Waals surface area contributed by atoms with E-state index in [1.807, 2.05) is 29.7 Å². The van der Waals surface area contributed by atoms with Gasteiger partial charge in [-0.05, 0) is 12.0 Å². The summed E-state index contributed by atoms with van der Waals surface area (Å²) in [5.41, 5.74) is 2.69. The minimum Gasteiger partial charge on any atom is -0.262 e. The molecule has 3 heteroatoms. The van der Waals surface area contributed by atoms with Crippen LogP contribution in [0, 0.1) is 0 Å². The molecular formula is C13H16N2S. The first-order valence-corrected chi connectivity index (χ1v) is 6.47. The molecule has 0 amide bonds. The van der Waals surface area contributed by atoms with Crippen LogP contribution in [0.3, 0.4) is 0 Å². The zero-order valence-corrected chi connectivity index (χ0v) is 10.5. The number of aromatic nitrogens is 2. The van der Waals surface area contributed by atoms with Gasteiger partial charge in [0.2, 0.25) is 0 Å². The normalized spacial score (nSPS) is 10.6. The Kier molecular flexibility index (Phi) is 3.67. The first kappa shape index (κ1) is 11.3. The van der Waals surface area contributed by atoms with Crippen LogP contribution >= 0.6 is 11.8 Å². The highest BCUT2D eigenvalue weighted by Gasteiger charge is 2.07. The fraction of sp³-hybridized carbons (Fsp3) is 0.308. The van der Waals surface area contributed by atoms with Gasteiger partial charge in [0.15, 0.2) is 0 Å². The van der Waals surface area contributed by atoms with Gasteiger partial charge in [-0.2, -0.15) is 5.10 Å². The van der Waals surface area contributed by atoms with Gasteiger partial charge in [-0.1, -0.05) is 37.3 Å². The minimum absolute atomic E-state index is 1.01. The first-order chi connectivity index (χ1) is 7.81. The van der Waals surface area contributed by atoms with E-state index in [9.17, 15) is 0 Å². The summed E-state index contributed by atoms with van der Waals surface area (Å²) < 4.78 is 1.96. The monoisotopic (exact) mass is 232 g/mol. The summed E-state index contributed by atoms with van der Waals surface area (Å²) in [6.45, 7) is 2.17. The van der Waals surface area contributed by atoms with E-state index in [4.69, 9.17) is 0 Å². The third kappa shape index (κ3) is 2.47. The molecular weight excluding hydrogens is 216 g/mol. The first-order valence-electron chi connectivity index (χ1n) is 5.49. The molecule has 0 radical (unpaired) electrons. The van der Waals surface area contributed by atoms with Gasteiger partial charge in [-0.15, -0.1) is 11.8 Å². The third-order valence-corrected chi connectivity index (χ3v) is 3.83. The zero-order chi connectivity index (χ0) is 11.4. The molecule has 2 nitrogen and oxygen atoms in total. The Morgan fingerprint density at radius 1 is 1.25 bits per heavy atom. The highest BCUT2D eigenvalue weighted by atomic mass is 32.2. The molecule has 0 saturated carbocycles. The molecule has 2 rings (SSSR count). The Morgan fingerprint density at radius 3 is 2.69 bits per heavy atom. The molecule has 84 valence electrons. The zero-order valence-electron chi connectivity index (χ0n) is 9.68. The fourth-order valence-electron chi connectivity index (χ4n) is 1.63. The summed E-state index contributed by atoms with van der Waals surface area (Å²) in [5, 5.41) is 5.58. The molecule has 1 aromatic heterocycles. The van der Waals surface area contributed by atoms with Gasteiger partial charge in [0.25, 0.3) is 0 Å². The topological polar surface area (TPSA) is 17.8 Å². The lowest BCUT2D eigenvalue weighted by atomic mass is 10.2. The minimum atomic E-state index is 1.01. The Bertz CT molecular complexity index is 448. The van der Waals surface area contributed by atoms with Crippen molar-refractivity contribution in [2.45, 2.75) is 24.1 Å². The molecule has 16 heavy (non-hydrogen) atoms. The van der Waals surface area contributed by atoms with E-state index in [0.29, 0.717) is 0 Å². The van der Waals surface area contributed by atoms with Crippen molar-refractivity contribution in [2.24, 2.45) is 7.05 Å². The van der Waals surface area contributed by atoms with Gasteiger partial charge < -0.3 is 0 Å². The number of nitrogens with zero attached hydrogens (tertiary/aromatic N) is 2. The Morgan fingerprint density at radius 2 is 2.00 bits per heavy atom. The lowest BCUT2D eigenvalue weighted by molar-refractivity contribution is 0.694. The standard InChI is InChI=1S/C13H16N2S/c1-3-12-9-14-15(2)13(12)16-10-11-7-5-4-6-8-11/h4-9H,3,10H2,1-2H3. The Hall–Kier alpha value is -1.22. The van der Waals surface area contributed by atoms with Crippen LogP contribution in [0.25, 0.3) is 0 Å². The maximum absolute atomic E-state index is 4.30. The molecule has 0 aliphatic rings. The molecule has 0 spiro atoms. The fourth-order valence-corrected chi connectivity index (χ4v) is 2.74. The van der Waals surface area contributed by atoms with Gasteiger partial charge in [0.05, 0.1) is 11.2 Å². The van der Waals surface area contributed by atoms with Crippen molar-refractivity contribution in [3.05, 3.63) is 47.7 Å². The van der Waals surface area contributed by atoms with Gasteiger partial charge in [-0.25, -0.2) is 0 Å². The SMILES string of the molecule is CCc1cnn(C)c1SCc1ccccc1. The van der Waals surface area contributed by atoms with Gasteiger partial charge in [0, 0.05) is 18.4 Å². The quantitative estimate of drug-likeness (QED) is 0.753. The second-order valence-electron chi connectivity index (χ2n) is 3.73. The van der Waals surface area contributed by atoms with Crippen molar-refractivity contribution in [2.75, 3.05) is 0 Å². The van der Waals surface area contributed by atoms with Crippen LogP contribution in [-0.4, -0.2) is 9.78 Å². The highest BCUT2D eigenvalue weighted by molar-refractivity contribution is 7.98.